The predicted molar refractivity (Wildman–Crippen MR) is 31.6 cm³/mol. The Morgan fingerprint density at radius 2 is 1.00 bits per heavy atom. The molecular weight excluding hydrogens is 72.1 g/mol. The fraction of sp³-hybridized carbons (Fsp3) is 0. The van der Waals surface area contributed by atoms with Crippen LogP contribution in [-0.2, 0) is 0 Å². The Labute approximate surface area is 39.5 Å². The van der Waals surface area contributed by atoms with Crippen molar-refractivity contribution < 1.29 is 0 Å². The van der Waals surface area contributed by atoms with E-state index >= 15 is 0 Å². The van der Waals surface area contributed by atoms with E-state index in [1.807, 2.05) is 0 Å². The summed E-state index contributed by atoms with van der Waals surface area (Å²) in [5, 5.41) is 0. The Bertz CT molecular complexity index is 29.3. The SMILES string of the molecule is C=C.C=CC=C. The molecule has 0 aliphatic heterocycles. The first-order valence-electron chi connectivity index (χ1n) is 1.65. The zero-order valence-corrected chi connectivity index (χ0v) is 3.98. The van der Waals surface area contributed by atoms with E-state index in [4.69, 9.17) is 0 Å². The zero-order chi connectivity index (χ0) is 5.41. The van der Waals surface area contributed by atoms with Gasteiger partial charge in [-0.25, -0.2) is 0 Å². The highest BCUT2D eigenvalue weighted by molar-refractivity contribution is 4.88. The van der Waals surface area contributed by atoms with Crippen molar-refractivity contribution in [1.29, 1.82) is 0 Å². The summed E-state index contributed by atoms with van der Waals surface area (Å²) in [5.41, 5.74) is 0. The average molecular weight is 82.1 g/mol. The second-order valence-corrected chi connectivity index (χ2v) is 0.471. The van der Waals surface area contributed by atoms with Gasteiger partial charge in [-0.2, -0.15) is 0 Å². The van der Waals surface area contributed by atoms with Crippen LogP contribution in [0.25, 0.3) is 0 Å². The van der Waals surface area contributed by atoms with Crippen molar-refractivity contribution in [3.8, 4) is 0 Å². The molecule has 0 aliphatic rings. The first-order chi connectivity index (χ1) is 2.91. The molecule has 0 heterocycles. The Hall–Kier alpha value is -0.780. The van der Waals surface area contributed by atoms with E-state index in [9.17, 15) is 0 Å². The molecule has 0 radical (unpaired) electrons. The van der Waals surface area contributed by atoms with Gasteiger partial charge in [0.25, 0.3) is 0 Å². The van der Waals surface area contributed by atoms with Gasteiger partial charge in [-0.15, -0.1) is 13.2 Å². The summed E-state index contributed by atoms with van der Waals surface area (Å²) in [6, 6.07) is 0. The lowest BCUT2D eigenvalue weighted by atomic mass is 10.6. The van der Waals surface area contributed by atoms with Crippen molar-refractivity contribution >= 4 is 0 Å². The first-order valence-corrected chi connectivity index (χ1v) is 1.65. The lowest BCUT2D eigenvalue weighted by Crippen LogP contribution is -1.21. The maximum atomic E-state index is 3.36. The normalized spacial score (nSPS) is 4.00. The summed E-state index contributed by atoms with van der Waals surface area (Å²) in [6.07, 6.45) is 3.28. The largest absolute Gasteiger partial charge is 0.106 e. The fourth-order valence-electron chi connectivity index (χ4n) is 0. The van der Waals surface area contributed by atoms with Gasteiger partial charge < -0.3 is 0 Å². The maximum absolute atomic E-state index is 3.36. The molecule has 0 fully saturated rings. The lowest BCUT2D eigenvalue weighted by Gasteiger charge is -1.44. The van der Waals surface area contributed by atoms with Gasteiger partial charge in [-0.05, 0) is 0 Å². The van der Waals surface area contributed by atoms with Crippen LogP contribution in [0.3, 0.4) is 0 Å². The van der Waals surface area contributed by atoms with Gasteiger partial charge in [0.2, 0.25) is 0 Å². The Morgan fingerprint density at radius 3 is 1.00 bits per heavy atom. The fourth-order valence-corrected chi connectivity index (χ4v) is 0. The molecule has 0 bridgehead atoms. The van der Waals surface area contributed by atoms with Crippen LogP contribution in [0.5, 0.6) is 0 Å². The summed E-state index contributed by atoms with van der Waals surface area (Å²) in [5.74, 6) is 0. The molecule has 0 aromatic heterocycles. The van der Waals surface area contributed by atoms with E-state index in [2.05, 4.69) is 26.3 Å². The van der Waals surface area contributed by atoms with Crippen LogP contribution in [0.1, 0.15) is 0 Å². The molecule has 0 N–H and O–H groups in total. The summed E-state index contributed by atoms with van der Waals surface area (Å²) < 4.78 is 0. The molecule has 0 rings (SSSR count). The van der Waals surface area contributed by atoms with E-state index in [1.165, 1.54) is 0 Å². The maximum Gasteiger partial charge on any atom is -0.0701 e. The van der Waals surface area contributed by atoms with Crippen LogP contribution in [0.4, 0.5) is 0 Å². The monoisotopic (exact) mass is 82.1 g/mol. The second-order valence-electron chi connectivity index (χ2n) is 0.471. The van der Waals surface area contributed by atoms with Crippen molar-refractivity contribution in [3.05, 3.63) is 38.5 Å². The molecule has 0 aliphatic carbocycles. The zero-order valence-electron chi connectivity index (χ0n) is 3.98. The molecule has 0 saturated heterocycles. The lowest BCUT2D eigenvalue weighted by molar-refractivity contribution is 2.15. The Morgan fingerprint density at radius 1 is 0.833 bits per heavy atom. The highest BCUT2D eigenvalue weighted by Gasteiger charge is 1.29. The van der Waals surface area contributed by atoms with Gasteiger partial charge >= 0.3 is 0 Å². The molecular formula is C6H10. The van der Waals surface area contributed by atoms with Crippen LogP contribution >= 0.6 is 0 Å². The molecule has 0 saturated carbocycles. The van der Waals surface area contributed by atoms with Crippen LogP contribution in [0.2, 0.25) is 0 Å². The van der Waals surface area contributed by atoms with Crippen molar-refractivity contribution in [2.75, 3.05) is 0 Å². The predicted octanol–water partition coefficient (Wildman–Crippen LogP) is 2.16. The van der Waals surface area contributed by atoms with Crippen molar-refractivity contribution in [1.82, 2.24) is 0 Å². The number of allylic oxidation sites excluding steroid dienone is 2. The first kappa shape index (κ1) is 8.97. The van der Waals surface area contributed by atoms with Gasteiger partial charge in [-0.3, -0.25) is 0 Å². The molecule has 0 aromatic rings. The number of hydrogen-bond donors (Lipinski definition) is 0. The Balaban J connectivity index is 0. The second kappa shape index (κ2) is 29.4. The molecule has 34 valence electrons. The number of hydrogen-bond acceptors (Lipinski definition) is 0. The highest BCUT2D eigenvalue weighted by atomic mass is 13.4. The molecule has 0 atom stereocenters. The molecule has 0 unspecified atom stereocenters. The van der Waals surface area contributed by atoms with E-state index in [0.717, 1.165) is 0 Å². The van der Waals surface area contributed by atoms with Gasteiger partial charge in [0.05, 0.1) is 0 Å². The molecule has 0 aromatic carbocycles. The third kappa shape index (κ3) is 328. The van der Waals surface area contributed by atoms with Gasteiger partial charge in [0.1, 0.15) is 0 Å². The average Bonchev–Trinajstić information content (AvgIpc) is 1.72. The van der Waals surface area contributed by atoms with Gasteiger partial charge in [-0.1, -0.05) is 25.3 Å². The third-order valence-electron chi connectivity index (χ3n) is 0.167. The smallest absolute Gasteiger partial charge is 0.0701 e. The van der Waals surface area contributed by atoms with Gasteiger partial charge in [0.15, 0.2) is 0 Å². The van der Waals surface area contributed by atoms with E-state index in [-0.39, 0.29) is 0 Å². The molecule has 0 heteroatoms. The van der Waals surface area contributed by atoms with Crippen molar-refractivity contribution in [2.24, 2.45) is 0 Å². The minimum absolute atomic E-state index is 1.64. The van der Waals surface area contributed by atoms with Crippen LogP contribution < -0.4 is 0 Å². The molecule has 0 amide bonds. The van der Waals surface area contributed by atoms with E-state index in [1.54, 1.807) is 12.2 Å². The Kier molecular flexibility index (Phi) is 43.9. The topological polar surface area (TPSA) is 0 Å². The quantitative estimate of drug-likeness (QED) is 0.336. The van der Waals surface area contributed by atoms with E-state index in [0.29, 0.717) is 0 Å². The molecule has 0 spiro atoms. The van der Waals surface area contributed by atoms with Crippen LogP contribution in [-0.4, -0.2) is 0 Å². The van der Waals surface area contributed by atoms with E-state index < -0.39 is 0 Å². The third-order valence-corrected chi connectivity index (χ3v) is 0.167. The van der Waals surface area contributed by atoms with Crippen LogP contribution in [0, 0.1) is 0 Å². The molecule has 6 heavy (non-hydrogen) atoms. The minimum atomic E-state index is 1.64. The summed E-state index contributed by atoms with van der Waals surface area (Å²) >= 11 is 0. The van der Waals surface area contributed by atoms with Crippen molar-refractivity contribution in [3.63, 3.8) is 0 Å². The van der Waals surface area contributed by atoms with Crippen LogP contribution in [0.15, 0.2) is 38.5 Å². The summed E-state index contributed by atoms with van der Waals surface area (Å²) in [7, 11) is 0. The van der Waals surface area contributed by atoms with Gasteiger partial charge in [0, 0.05) is 0 Å². The number of rotatable bonds is 1. The highest BCUT2D eigenvalue weighted by Crippen LogP contribution is 1.52. The standard InChI is InChI=1S/C4H6.C2H4/c1-3-4-2;1-2/h3-4H,1-2H2;1-2H2. The molecule has 0 nitrogen and oxygen atoms in total. The minimum Gasteiger partial charge on any atom is -0.106 e. The summed E-state index contributed by atoms with van der Waals surface area (Å²) in [4.78, 5) is 0. The summed E-state index contributed by atoms with van der Waals surface area (Å²) in [6.45, 7) is 12.7. The van der Waals surface area contributed by atoms with Crippen molar-refractivity contribution in [2.45, 2.75) is 0 Å².